The highest BCUT2D eigenvalue weighted by molar-refractivity contribution is 5.46. The van der Waals surface area contributed by atoms with E-state index < -0.39 is 0 Å². The molecule has 1 unspecified atom stereocenters. The van der Waals surface area contributed by atoms with Gasteiger partial charge in [-0.1, -0.05) is 18.2 Å². The first-order valence-electron chi connectivity index (χ1n) is 7.62. The van der Waals surface area contributed by atoms with Crippen molar-refractivity contribution < 1.29 is 0 Å². The fraction of sp³-hybridized carbons (Fsp3) is 0.412. The van der Waals surface area contributed by atoms with Crippen molar-refractivity contribution in [2.24, 2.45) is 7.05 Å². The van der Waals surface area contributed by atoms with E-state index in [9.17, 15) is 5.26 Å². The summed E-state index contributed by atoms with van der Waals surface area (Å²) in [6.45, 7) is 5.65. The lowest BCUT2D eigenvalue weighted by Crippen LogP contribution is -2.47. The molecular weight excluding hydrogens is 274 g/mol. The molecule has 5 heteroatoms. The molecule has 0 saturated carbocycles. The lowest BCUT2D eigenvalue weighted by molar-refractivity contribution is 0.219. The standard InChI is InChI=1S/C17H21N5/c1-14-17(19-13-20(14)2)16(12-18)22-10-8-21(9-11-22)15-6-4-3-5-7-15/h3-7,13,16H,8-11H2,1-2H3. The highest BCUT2D eigenvalue weighted by Gasteiger charge is 2.27. The topological polar surface area (TPSA) is 48.1 Å². The van der Waals surface area contributed by atoms with Gasteiger partial charge in [0.1, 0.15) is 6.04 Å². The first-order chi connectivity index (χ1) is 10.7. The molecule has 0 N–H and O–H groups in total. The molecule has 3 rings (SSSR count). The summed E-state index contributed by atoms with van der Waals surface area (Å²) in [5.41, 5.74) is 3.21. The third kappa shape index (κ3) is 2.70. The van der Waals surface area contributed by atoms with Crippen LogP contribution in [-0.4, -0.2) is 40.6 Å². The van der Waals surface area contributed by atoms with Crippen LogP contribution < -0.4 is 4.90 Å². The van der Waals surface area contributed by atoms with Gasteiger partial charge in [-0.3, -0.25) is 4.90 Å². The van der Waals surface area contributed by atoms with Gasteiger partial charge in [0.15, 0.2) is 0 Å². The van der Waals surface area contributed by atoms with Crippen molar-refractivity contribution >= 4 is 5.69 Å². The number of hydrogen-bond acceptors (Lipinski definition) is 4. The molecular formula is C17H21N5. The number of aryl methyl sites for hydroxylation is 1. The number of nitrogens with zero attached hydrogens (tertiary/aromatic N) is 5. The Morgan fingerprint density at radius 2 is 1.82 bits per heavy atom. The Hall–Kier alpha value is -2.32. The van der Waals surface area contributed by atoms with Gasteiger partial charge < -0.3 is 9.47 Å². The van der Waals surface area contributed by atoms with Gasteiger partial charge in [0.05, 0.1) is 18.1 Å². The summed E-state index contributed by atoms with van der Waals surface area (Å²) < 4.78 is 1.97. The zero-order valence-corrected chi connectivity index (χ0v) is 13.1. The monoisotopic (exact) mass is 295 g/mol. The van der Waals surface area contributed by atoms with Crippen molar-refractivity contribution in [3.8, 4) is 6.07 Å². The van der Waals surface area contributed by atoms with Gasteiger partial charge in [0, 0.05) is 44.6 Å². The van der Waals surface area contributed by atoms with E-state index >= 15 is 0 Å². The largest absolute Gasteiger partial charge is 0.369 e. The average Bonchev–Trinajstić information content (AvgIpc) is 2.90. The van der Waals surface area contributed by atoms with Crippen molar-refractivity contribution in [1.82, 2.24) is 14.5 Å². The summed E-state index contributed by atoms with van der Waals surface area (Å²) in [6, 6.07) is 12.6. The molecule has 0 amide bonds. The number of hydrogen-bond donors (Lipinski definition) is 0. The summed E-state index contributed by atoms with van der Waals surface area (Å²) in [5.74, 6) is 0. The molecule has 0 radical (unpaired) electrons. The van der Waals surface area contributed by atoms with E-state index in [0.717, 1.165) is 37.6 Å². The normalized spacial score (nSPS) is 17.2. The molecule has 2 aromatic rings. The van der Waals surface area contributed by atoms with E-state index in [1.54, 1.807) is 6.33 Å². The maximum atomic E-state index is 9.59. The quantitative estimate of drug-likeness (QED) is 0.870. The van der Waals surface area contributed by atoms with Crippen LogP contribution in [0.15, 0.2) is 36.7 Å². The van der Waals surface area contributed by atoms with Crippen LogP contribution in [0.25, 0.3) is 0 Å². The third-order valence-electron chi connectivity index (χ3n) is 4.45. The molecule has 1 atom stereocenters. The SMILES string of the molecule is Cc1c(C(C#N)N2CCN(c3ccccc3)CC2)ncn1C. The highest BCUT2D eigenvalue weighted by Crippen LogP contribution is 2.24. The second-order valence-electron chi connectivity index (χ2n) is 5.72. The predicted octanol–water partition coefficient (Wildman–Crippen LogP) is 2.12. The second kappa shape index (κ2) is 6.20. The molecule has 0 aliphatic carbocycles. The van der Waals surface area contributed by atoms with E-state index in [2.05, 4.69) is 45.1 Å². The van der Waals surface area contributed by atoms with Gasteiger partial charge in [-0.15, -0.1) is 0 Å². The molecule has 1 aliphatic rings. The first kappa shape index (κ1) is 14.6. The van der Waals surface area contributed by atoms with E-state index in [4.69, 9.17) is 0 Å². The van der Waals surface area contributed by atoms with Crippen LogP contribution >= 0.6 is 0 Å². The second-order valence-corrected chi connectivity index (χ2v) is 5.72. The number of piperazine rings is 1. The molecule has 5 nitrogen and oxygen atoms in total. The lowest BCUT2D eigenvalue weighted by Gasteiger charge is -2.37. The minimum absolute atomic E-state index is 0.251. The van der Waals surface area contributed by atoms with Crippen LogP contribution in [0.5, 0.6) is 0 Å². The van der Waals surface area contributed by atoms with Crippen molar-refractivity contribution in [2.45, 2.75) is 13.0 Å². The van der Waals surface area contributed by atoms with Gasteiger partial charge in [-0.2, -0.15) is 5.26 Å². The Kier molecular flexibility index (Phi) is 4.12. The number of nitriles is 1. The molecule has 1 aliphatic heterocycles. The maximum absolute atomic E-state index is 9.59. The molecule has 0 bridgehead atoms. The van der Waals surface area contributed by atoms with E-state index in [0.29, 0.717) is 0 Å². The van der Waals surface area contributed by atoms with Crippen molar-refractivity contribution in [3.05, 3.63) is 48.0 Å². The smallest absolute Gasteiger partial charge is 0.142 e. The fourth-order valence-electron chi connectivity index (χ4n) is 2.97. The number of aromatic nitrogens is 2. The van der Waals surface area contributed by atoms with Crippen LogP contribution in [0, 0.1) is 18.3 Å². The van der Waals surface area contributed by atoms with Crippen LogP contribution in [0.4, 0.5) is 5.69 Å². The van der Waals surface area contributed by atoms with Gasteiger partial charge in [0.2, 0.25) is 0 Å². The van der Waals surface area contributed by atoms with E-state index in [-0.39, 0.29) is 6.04 Å². The van der Waals surface area contributed by atoms with Gasteiger partial charge in [-0.25, -0.2) is 4.98 Å². The van der Waals surface area contributed by atoms with Crippen molar-refractivity contribution in [1.29, 1.82) is 5.26 Å². The minimum atomic E-state index is -0.251. The number of imidazole rings is 1. The summed E-state index contributed by atoms with van der Waals surface area (Å²) in [4.78, 5) is 9.03. The van der Waals surface area contributed by atoms with Crippen LogP contribution in [0.3, 0.4) is 0 Å². The molecule has 114 valence electrons. The zero-order valence-electron chi connectivity index (χ0n) is 13.1. The molecule has 1 aromatic heterocycles. The first-order valence-corrected chi connectivity index (χ1v) is 7.62. The summed E-state index contributed by atoms with van der Waals surface area (Å²) in [6.07, 6.45) is 1.79. The molecule has 1 aromatic carbocycles. The van der Waals surface area contributed by atoms with Crippen molar-refractivity contribution in [3.63, 3.8) is 0 Å². The Morgan fingerprint density at radius 3 is 2.36 bits per heavy atom. The molecule has 1 saturated heterocycles. The third-order valence-corrected chi connectivity index (χ3v) is 4.45. The predicted molar refractivity (Wildman–Crippen MR) is 86.5 cm³/mol. The van der Waals surface area contributed by atoms with Gasteiger partial charge in [0.25, 0.3) is 0 Å². The number of rotatable bonds is 3. The summed E-state index contributed by atoms with van der Waals surface area (Å²) in [7, 11) is 1.97. The van der Waals surface area contributed by atoms with Gasteiger partial charge >= 0.3 is 0 Å². The zero-order chi connectivity index (χ0) is 15.5. The molecule has 2 heterocycles. The lowest BCUT2D eigenvalue weighted by atomic mass is 10.1. The van der Waals surface area contributed by atoms with Crippen LogP contribution in [0.2, 0.25) is 0 Å². The molecule has 0 spiro atoms. The molecule has 1 fully saturated rings. The Morgan fingerprint density at radius 1 is 1.14 bits per heavy atom. The Balaban J connectivity index is 1.70. The van der Waals surface area contributed by atoms with E-state index in [1.165, 1.54) is 5.69 Å². The summed E-state index contributed by atoms with van der Waals surface area (Å²) in [5, 5.41) is 9.59. The van der Waals surface area contributed by atoms with Crippen LogP contribution in [0.1, 0.15) is 17.4 Å². The van der Waals surface area contributed by atoms with Gasteiger partial charge in [-0.05, 0) is 19.1 Å². The van der Waals surface area contributed by atoms with Crippen LogP contribution in [-0.2, 0) is 7.05 Å². The maximum Gasteiger partial charge on any atom is 0.142 e. The van der Waals surface area contributed by atoms with E-state index in [1.807, 2.05) is 24.6 Å². The Labute approximate surface area is 131 Å². The Bertz CT molecular complexity index is 662. The molecule has 22 heavy (non-hydrogen) atoms. The highest BCUT2D eigenvalue weighted by atomic mass is 15.3. The minimum Gasteiger partial charge on any atom is -0.369 e. The number of benzene rings is 1. The summed E-state index contributed by atoms with van der Waals surface area (Å²) >= 11 is 0. The number of para-hydroxylation sites is 1. The fourth-order valence-corrected chi connectivity index (χ4v) is 2.97. The average molecular weight is 295 g/mol. The van der Waals surface area contributed by atoms with Crippen molar-refractivity contribution in [2.75, 3.05) is 31.1 Å². The number of anilines is 1.